The number of morpholine rings is 1. The average molecular weight is 221 g/mol. The maximum atomic E-state index is 10.5. The van der Waals surface area contributed by atoms with Crippen LogP contribution < -0.4 is 4.90 Å². The van der Waals surface area contributed by atoms with Gasteiger partial charge < -0.3 is 19.8 Å². The zero-order valence-corrected chi connectivity index (χ0v) is 8.57. The number of nitro groups is 1. The van der Waals surface area contributed by atoms with Crippen LogP contribution in [0, 0.1) is 10.1 Å². The molecule has 0 saturated carbocycles. The number of nitrogens with zero attached hydrogens (tertiary/aromatic N) is 3. The minimum Gasteiger partial charge on any atom is -0.377 e. The van der Waals surface area contributed by atoms with Gasteiger partial charge in [-0.1, -0.05) is 0 Å². The molecule has 2 bridgehead atoms. The lowest BCUT2D eigenvalue weighted by atomic mass is 9.91. The number of anilines is 1. The van der Waals surface area contributed by atoms with E-state index in [9.17, 15) is 10.1 Å². The van der Waals surface area contributed by atoms with Crippen LogP contribution >= 0.6 is 0 Å². The lowest BCUT2D eigenvalue weighted by Crippen LogP contribution is -2.64. The van der Waals surface area contributed by atoms with Crippen LogP contribution in [0.2, 0.25) is 0 Å². The molecule has 3 rings (SSSR count). The first kappa shape index (κ1) is 9.53. The second kappa shape index (κ2) is 3.41. The normalized spacial score (nSPS) is 27.4. The number of fused-ring (bicyclic) bond motifs is 2. The Morgan fingerprint density at radius 3 is 2.69 bits per heavy atom. The largest absolute Gasteiger partial charge is 0.377 e. The standard InChI is InChI=1S/C10H11N3O3/c14-13(15)10-2-1-7(4-11-10)12-8-3-9(12)6-16-5-8/h1-2,4,8-9H,3,5-6H2. The van der Waals surface area contributed by atoms with Crippen LogP contribution in [0.5, 0.6) is 0 Å². The van der Waals surface area contributed by atoms with Crippen molar-refractivity contribution < 1.29 is 9.66 Å². The summed E-state index contributed by atoms with van der Waals surface area (Å²) in [6, 6.07) is 4.05. The van der Waals surface area contributed by atoms with Gasteiger partial charge in [0.15, 0.2) is 6.20 Å². The van der Waals surface area contributed by atoms with Crippen molar-refractivity contribution >= 4 is 11.5 Å². The Morgan fingerprint density at radius 1 is 1.44 bits per heavy atom. The molecule has 2 saturated heterocycles. The molecule has 2 fully saturated rings. The molecule has 0 radical (unpaired) electrons. The molecule has 2 atom stereocenters. The summed E-state index contributed by atoms with van der Waals surface area (Å²) in [5, 5.41) is 10.5. The Labute approximate surface area is 92.0 Å². The van der Waals surface area contributed by atoms with E-state index in [1.165, 1.54) is 6.07 Å². The van der Waals surface area contributed by atoms with Gasteiger partial charge in [0.2, 0.25) is 0 Å². The number of hydrogen-bond donors (Lipinski definition) is 0. The fourth-order valence-electron chi connectivity index (χ4n) is 2.40. The lowest BCUT2D eigenvalue weighted by molar-refractivity contribution is -0.389. The molecule has 0 amide bonds. The third kappa shape index (κ3) is 1.34. The van der Waals surface area contributed by atoms with Crippen molar-refractivity contribution in [3.8, 4) is 0 Å². The van der Waals surface area contributed by atoms with Gasteiger partial charge in [0.1, 0.15) is 0 Å². The van der Waals surface area contributed by atoms with Gasteiger partial charge in [-0.15, -0.1) is 0 Å². The maximum absolute atomic E-state index is 10.5. The van der Waals surface area contributed by atoms with Gasteiger partial charge >= 0.3 is 5.82 Å². The molecular weight excluding hydrogens is 210 g/mol. The van der Waals surface area contributed by atoms with Crippen molar-refractivity contribution in [2.75, 3.05) is 18.1 Å². The summed E-state index contributed by atoms with van der Waals surface area (Å²) in [7, 11) is 0. The molecule has 2 aliphatic rings. The molecule has 1 aromatic rings. The summed E-state index contributed by atoms with van der Waals surface area (Å²) in [4.78, 5) is 16.1. The Morgan fingerprint density at radius 2 is 2.19 bits per heavy atom. The highest BCUT2D eigenvalue weighted by atomic mass is 16.6. The van der Waals surface area contributed by atoms with Crippen molar-refractivity contribution in [1.29, 1.82) is 0 Å². The molecule has 84 valence electrons. The summed E-state index contributed by atoms with van der Waals surface area (Å²) in [6.07, 6.45) is 2.72. The number of rotatable bonds is 2. The highest BCUT2D eigenvalue weighted by Crippen LogP contribution is 2.35. The van der Waals surface area contributed by atoms with Crippen molar-refractivity contribution in [2.24, 2.45) is 0 Å². The second-order valence-corrected chi connectivity index (χ2v) is 4.12. The second-order valence-electron chi connectivity index (χ2n) is 4.12. The first-order chi connectivity index (χ1) is 7.75. The van der Waals surface area contributed by atoms with E-state index in [-0.39, 0.29) is 5.82 Å². The predicted molar refractivity (Wildman–Crippen MR) is 56.4 cm³/mol. The van der Waals surface area contributed by atoms with E-state index in [4.69, 9.17) is 4.74 Å². The number of ether oxygens (including phenoxy) is 1. The monoisotopic (exact) mass is 221 g/mol. The van der Waals surface area contributed by atoms with E-state index in [1.54, 1.807) is 12.3 Å². The smallest absolute Gasteiger partial charge is 0.363 e. The van der Waals surface area contributed by atoms with Crippen LogP contribution in [-0.4, -0.2) is 35.2 Å². The van der Waals surface area contributed by atoms with Crippen LogP contribution in [0.1, 0.15) is 6.42 Å². The molecule has 6 heteroatoms. The zero-order valence-electron chi connectivity index (χ0n) is 8.57. The van der Waals surface area contributed by atoms with Gasteiger partial charge in [-0.05, 0) is 22.4 Å². The number of hydrogen-bond acceptors (Lipinski definition) is 5. The van der Waals surface area contributed by atoms with Crippen LogP contribution in [0.4, 0.5) is 11.5 Å². The van der Waals surface area contributed by atoms with Crippen molar-refractivity contribution in [1.82, 2.24) is 4.98 Å². The van der Waals surface area contributed by atoms with Crippen LogP contribution in [0.25, 0.3) is 0 Å². The van der Waals surface area contributed by atoms with Gasteiger partial charge in [-0.25, -0.2) is 0 Å². The fraction of sp³-hybridized carbons (Fsp3) is 0.500. The van der Waals surface area contributed by atoms with E-state index < -0.39 is 4.92 Å². The van der Waals surface area contributed by atoms with E-state index in [2.05, 4.69) is 9.88 Å². The first-order valence-corrected chi connectivity index (χ1v) is 5.22. The Hall–Kier alpha value is -1.69. The molecule has 6 nitrogen and oxygen atoms in total. The molecule has 1 aromatic heterocycles. The predicted octanol–water partition coefficient (Wildman–Crippen LogP) is 0.967. The highest BCUT2D eigenvalue weighted by Gasteiger charge is 2.42. The Balaban J connectivity index is 1.82. The van der Waals surface area contributed by atoms with Crippen LogP contribution in [0.15, 0.2) is 18.3 Å². The maximum Gasteiger partial charge on any atom is 0.363 e. The zero-order chi connectivity index (χ0) is 11.1. The van der Waals surface area contributed by atoms with Crippen molar-refractivity contribution in [2.45, 2.75) is 18.5 Å². The van der Waals surface area contributed by atoms with Crippen LogP contribution in [0.3, 0.4) is 0 Å². The summed E-state index contributed by atoms with van der Waals surface area (Å²) >= 11 is 0. The Kier molecular flexibility index (Phi) is 2.03. The SMILES string of the molecule is O=[N+]([O-])c1ccc(N2C3COCC2C3)cn1. The lowest BCUT2D eigenvalue weighted by Gasteiger charge is -2.53. The van der Waals surface area contributed by atoms with Gasteiger partial charge in [-0.3, -0.25) is 0 Å². The van der Waals surface area contributed by atoms with Crippen molar-refractivity contribution in [3.05, 3.63) is 28.4 Å². The van der Waals surface area contributed by atoms with E-state index >= 15 is 0 Å². The fourth-order valence-corrected chi connectivity index (χ4v) is 2.40. The van der Waals surface area contributed by atoms with E-state index in [0.717, 1.165) is 25.3 Å². The highest BCUT2D eigenvalue weighted by molar-refractivity contribution is 5.52. The molecule has 0 spiro atoms. The molecule has 0 N–H and O–H groups in total. The van der Waals surface area contributed by atoms with Crippen molar-refractivity contribution in [3.63, 3.8) is 0 Å². The molecule has 0 aliphatic carbocycles. The minimum atomic E-state index is -0.482. The van der Waals surface area contributed by atoms with E-state index in [0.29, 0.717) is 12.1 Å². The summed E-state index contributed by atoms with van der Waals surface area (Å²) in [5.74, 6) is -0.106. The van der Waals surface area contributed by atoms with Gasteiger partial charge in [0.05, 0.1) is 31.0 Å². The van der Waals surface area contributed by atoms with Gasteiger partial charge in [0.25, 0.3) is 0 Å². The minimum absolute atomic E-state index is 0.106. The Bertz CT molecular complexity index is 406. The quantitative estimate of drug-likeness (QED) is 0.549. The summed E-state index contributed by atoms with van der Waals surface area (Å²) in [6.45, 7) is 1.49. The molecular formula is C10H11N3O3. The molecule has 2 aliphatic heterocycles. The first-order valence-electron chi connectivity index (χ1n) is 5.22. The summed E-state index contributed by atoms with van der Waals surface area (Å²) in [5.41, 5.74) is 0.954. The number of aromatic nitrogens is 1. The topological polar surface area (TPSA) is 68.5 Å². The van der Waals surface area contributed by atoms with Crippen LogP contribution in [-0.2, 0) is 4.74 Å². The van der Waals surface area contributed by atoms with Gasteiger partial charge in [-0.2, -0.15) is 0 Å². The molecule has 16 heavy (non-hydrogen) atoms. The number of pyridine rings is 1. The van der Waals surface area contributed by atoms with Gasteiger partial charge in [0, 0.05) is 6.07 Å². The average Bonchev–Trinajstić information content (AvgIpc) is 2.30. The molecule has 3 heterocycles. The van der Waals surface area contributed by atoms with E-state index in [1.807, 2.05) is 0 Å². The molecule has 0 aromatic carbocycles. The third-order valence-electron chi connectivity index (χ3n) is 3.17. The summed E-state index contributed by atoms with van der Waals surface area (Å²) < 4.78 is 5.37. The molecule has 2 unspecified atom stereocenters. The third-order valence-corrected chi connectivity index (χ3v) is 3.17.